The van der Waals surface area contributed by atoms with E-state index in [1.165, 1.54) is 33.6 Å². The first-order chi connectivity index (χ1) is 19.1. The molecule has 0 atom stereocenters. The third-order valence-electron chi connectivity index (χ3n) is 7.74. The molecule has 0 amide bonds. The summed E-state index contributed by atoms with van der Waals surface area (Å²) < 4.78 is 0. The molecule has 4 heteroatoms. The highest BCUT2D eigenvalue weighted by atomic mass is 15.2. The Labute approximate surface area is 238 Å². The molecule has 4 aromatic carbocycles. The Morgan fingerprint density at radius 1 is 0.575 bits per heavy atom. The third-order valence-corrected chi connectivity index (χ3v) is 7.74. The van der Waals surface area contributed by atoms with Crippen molar-refractivity contribution in [3.05, 3.63) is 114 Å². The number of rotatable bonds is 5. The van der Waals surface area contributed by atoms with Crippen molar-refractivity contribution in [1.82, 2.24) is 0 Å². The standard InChI is InChI=1S/C36H38N4/c1-24-22-35(3,4)39-34-31(24)20-29(38-27-15-11-8-12-16-27)21-33(34)40-32-18-17-28(37-26-13-9-7-10-14-26)19-30(32)25(2)23-36(40,5)6/h7-23,37-39H,1-6H3. The van der Waals surface area contributed by atoms with E-state index >= 15 is 0 Å². The van der Waals surface area contributed by atoms with Gasteiger partial charge in [0.2, 0.25) is 0 Å². The molecule has 0 fully saturated rings. The van der Waals surface area contributed by atoms with Crippen LogP contribution in [0.1, 0.15) is 52.7 Å². The third kappa shape index (κ3) is 4.86. The lowest BCUT2D eigenvalue weighted by atomic mass is 9.85. The molecule has 4 nitrogen and oxygen atoms in total. The minimum Gasteiger partial charge on any atom is -0.374 e. The predicted octanol–water partition coefficient (Wildman–Crippen LogP) is 10.1. The van der Waals surface area contributed by atoms with Gasteiger partial charge in [-0.25, -0.2) is 0 Å². The van der Waals surface area contributed by atoms with Crippen molar-refractivity contribution >= 4 is 51.0 Å². The fraction of sp³-hybridized carbons (Fsp3) is 0.222. The van der Waals surface area contributed by atoms with Crippen LogP contribution in [0.5, 0.6) is 0 Å². The maximum absolute atomic E-state index is 3.87. The number of nitrogens with zero attached hydrogens (tertiary/aromatic N) is 1. The molecule has 40 heavy (non-hydrogen) atoms. The molecule has 4 aromatic rings. The molecule has 0 radical (unpaired) electrons. The summed E-state index contributed by atoms with van der Waals surface area (Å²) in [5.41, 5.74) is 12.5. The van der Waals surface area contributed by atoms with Crippen LogP contribution in [-0.4, -0.2) is 11.1 Å². The normalized spacial score (nSPS) is 16.6. The first-order valence-electron chi connectivity index (χ1n) is 14.0. The maximum atomic E-state index is 3.87. The quantitative estimate of drug-likeness (QED) is 0.242. The summed E-state index contributed by atoms with van der Waals surface area (Å²) in [7, 11) is 0. The first-order valence-corrected chi connectivity index (χ1v) is 14.0. The van der Waals surface area contributed by atoms with Crippen LogP contribution < -0.4 is 20.9 Å². The Balaban J connectivity index is 1.51. The molecule has 0 bridgehead atoms. The van der Waals surface area contributed by atoms with Gasteiger partial charge in [0.05, 0.1) is 22.5 Å². The van der Waals surface area contributed by atoms with Gasteiger partial charge in [-0.1, -0.05) is 48.6 Å². The van der Waals surface area contributed by atoms with Crippen LogP contribution in [0.15, 0.2) is 103 Å². The van der Waals surface area contributed by atoms with Crippen molar-refractivity contribution in [3.8, 4) is 0 Å². The van der Waals surface area contributed by atoms with E-state index in [9.17, 15) is 0 Å². The Morgan fingerprint density at radius 3 is 1.80 bits per heavy atom. The fourth-order valence-corrected chi connectivity index (χ4v) is 6.22. The van der Waals surface area contributed by atoms with Crippen LogP contribution in [0, 0.1) is 0 Å². The molecule has 0 unspecified atom stereocenters. The molecule has 0 saturated carbocycles. The highest BCUT2D eigenvalue weighted by molar-refractivity contribution is 5.97. The monoisotopic (exact) mass is 526 g/mol. The Morgan fingerprint density at radius 2 is 1.15 bits per heavy atom. The smallest absolute Gasteiger partial charge is 0.0681 e. The molecule has 2 aliphatic rings. The molecular weight excluding hydrogens is 488 g/mol. The minimum atomic E-state index is -0.245. The number of allylic oxidation sites excluding steroid dienone is 2. The molecule has 0 spiro atoms. The summed E-state index contributed by atoms with van der Waals surface area (Å²) in [6.07, 6.45) is 4.72. The topological polar surface area (TPSA) is 39.3 Å². The highest BCUT2D eigenvalue weighted by Crippen LogP contribution is 2.51. The van der Waals surface area contributed by atoms with Crippen molar-refractivity contribution in [2.75, 3.05) is 20.9 Å². The van der Waals surface area contributed by atoms with E-state index in [-0.39, 0.29) is 11.1 Å². The number of benzene rings is 4. The van der Waals surface area contributed by atoms with Crippen LogP contribution in [0.2, 0.25) is 0 Å². The van der Waals surface area contributed by atoms with Gasteiger partial charge < -0.3 is 20.9 Å². The van der Waals surface area contributed by atoms with Gasteiger partial charge >= 0.3 is 0 Å². The van der Waals surface area contributed by atoms with Crippen molar-refractivity contribution < 1.29 is 0 Å². The average molecular weight is 527 g/mol. The van der Waals surface area contributed by atoms with E-state index in [1.807, 2.05) is 12.1 Å². The molecule has 2 heterocycles. The van der Waals surface area contributed by atoms with Gasteiger partial charge in [0.1, 0.15) is 0 Å². The van der Waals surface area contributed by atoms with E-state index in [0.29, 0.717) is 0 Å². The zero-order valence-corrected chi connectivity index (χ0v) is 24.3. The molecular formula is C36H38N4. The van der Waals surface area contributed by atoms with Gasteiger partial charge in [-0.3, -0.25) is 0 Å². The maximum Gasteiger partial charge on any atom is 0.0681 e. The van der Waals surface area contributed by atoms with E-state index in [4.69, 9.17) is 0 Å². The Kier molecular flexibility index (Phi) is 6.22. The zero-order valence-electron chi connectivity index (χ0n) is 24.3. The van der Waals surface area contributed by atoms with Crippen LogP contribution in [0.25, 0.3) is 11.1 Å². The summed E-state index contributed by atoms with van der Waals surface area (Å²) in [5, 5.41) is 11.1. The zero-order chi connectivity index (χ0) is 28.1. The van der Waals surface area contributed by atoms with Crippen LogP contribution in [-0.2, 0) is 0 Å². The van der Waals surface area contributed by atoms with Crippen molar-refractivity contribution in [1.29, 1.82) is 0 Å². The van der Waals surface area contributed by atoms with Gasteiger partial charge in [0.25, 0.3) is 0 Å². The Hall–Kier alpha value is -4.44. The minimum absolute atomic E-state index is 0.155. The van der Waals surface area contributed by atoms with Gasteiger partial charge in [0, 0.05) is 39.6 Å². The lowest BCUT2D eigenvalue weighted by Crippen LogP contribution is -2.43. The van der Waals surface area contributed by atoms with Crippen molar-refractivity contribution in [3.63, 3.8) is 0 Å². The Bertz CT molecular complexity index is 1630. The first kappa shape index (κ1) is 25.8. The van der Waals surface area contributed by atoms with Crippen LogP contribution in [0.3, 0.4) is 0 Å². The number of anilines is 7. The molecule has 6 rings (SSSR count). The molecule has 3 N–H and O–H groups in total. The molecule has 0 aromatic heterocycles. The van der Waals surface area contributed by atoms with E-state index in [2.05, 4.69) is 153 Å². The second-order valence-corrected chi connectivity index (χ2v) is 12.1. The number of hydrogen-bond donors (Lipinski definition) is 3. The molecule has 0 saturated heterocycles. The second kappa shape index (κ2) is 9.63. The van der Waals surface area contributed by atoms with Gasteiger partial charge in [-0.2, -0.15) is 0 Å². The number of para-hydroxylation sites is 2. The number of fused-ring (bicyclic) bond motifs is 2. The molecule has 202 valence electrons. The predicted molar refractivity (Wildman–Crippen MR) is 174 cm³/mol. The largest absolute Gasteiger partial charge is 0.374 e. The number of hydrogen-bond acceptors (Lipinski definition) is 4. The summed E-state index contributed by atoms with van der Waals surface area (Å²) in [6.45, 7) is 13.5. The van der Waals surface area contributed by atoms with Crippen LogP contribution in [0.4, 0.5) is 39.8 Å². The summed E-state index contributed by atoms with van der Waals surface area (Å²) in [5.74, 6) is 0. The summed E-state index contributed by atoms with van der Waals surface area (Å²) >= 11 is 0. The molecule has 2 aliphatic heterocycles. The summed E-state index contributed by atoms with van der Waals surface area (Å²) in [6, 6.07) is 32.0. The molecule has 0 aliphatic carbocycles. The van der Waals surface area contributed by atoms with E-state index in [0.717, 1.165) is 28.4 Å². The van der Waals surface area contributed by atoms with Gasteiger partial charge in [-0.15, -0.1) is 0 Å². The van der Waals surface area contributed by atoms with E-state index < -0.39 is 0 Å². The fourth-order valence-electron chi connectivity index (χ4n) is 6.22. The van der Waals surface area contributed by atoms with Crippen molar-refractivity contribution in [2.24, 2.45) is 0 Å². The second-order valence-electron chi connectivity index (χ2n) is 12.1. The SMILES string of the molecule is CC1=CC(C)(C)N(c2cc(Nc3ccccc3)cc3c2NC(C)(C)C=C3C)c2ccc(Nc3ccccc3)cc21. The number of nitrogens with one attached hydrogen (secondary N) is 3. The average Bonchev–Trinajstić information content (AvgIpc) is 2.90. The van der Waals surface area contributed by atoms with E-state index in [1.54, 1.807) is 0 Å². The van der Waals surface area contributed by atoms with Crippen molar-refractivity contribution in [2.45, 2.75) is 52.6 Å². The van der Waals surface area contributed by atoms with Gasteiger partial charge in [0.15, 0.2) is 0 Å². The summed E-state index contributed by atoms with van der Waals surface area (Å²) in [4.78, 5) is 2.50. The van der Waals surface area contributed by atoms with Gasteiger partial charge in [-0.05, 0) is 107 Å². The highest BCUT2D eigenvalue weighted by Gasteiger charge is 2.36. The lowest BCUT2D eigenvalue weighted by molar-refractivity contribution is 0.621. The lowest BCUT2D eigenvalue weighted by Gasteiger charge is -2.46. The van der Waals surface area contributed by atoms with Crippen LogP contribution >= 0.6 is 0 Å².